The number of carbonyl (C=O) groups is 2. The molecule has 0 radical (unpaired) electrons. The molecule has 9 heteroatoms. The summed E-state index contributed by atoms with van der Waals surface area (Å²) in [7, 11) is 1.87. The van der Waals surface area contributed by atoms with Gasteiger partial charge >= 0.3 is 5.97 Å². The molecule has 0 spiro atoms. The molecule has 3 heterocycles. The van der Waals surface area contributed by atoms with E-state index < -0.39 is 5.97 Å². The Morgan fingerprint density at radius 2 is 2.12 bits per heavy atom. The Kier molecular flexibility index (Phi) is 4.08. The number of aromatic carboxylic acids is 1. The number of aryl methyl sites for hydroxylation is 2. The summed E-state index contributed by atoms with van der Waals surface area (Å²) in [6.45, 7) is 5.01. The Morgan fingerprint density at radius 1 is 1.38 bits per heavy atom. The summed E-state index contributed by atoms with van der Waals surface area (Å²) in [6.07, 6.45) is 2.48. The summed E-state index contributed by atoms with van der Waals surface area (Å²) in [5.41, 5.74) is 2.77. The Morgan fingerprint density at radius 3 is 2.71 bits per heavy atom. The lowest BCUT2D eigenvalue weighted by Gasteiger charge is -2.16. The van der Waals surface area contributed by atoms with E-state index in [4.69, 9.17) is 5.11 Å². The minimum absolute atomic E-state index is 0.0364. The SMILES string of the molecule is Cc1nn(C)c(C)c1CC(=O)N1CCC(n2cc(C(=O)O)nn2)C1. The second kappa shape index (κ2) is 6.06. The van der Waals surface area contributed by atoms with Gasteiger partial charge in [-0.15, -0.1) is 5.10 Å². The van der Waals surface area contributed by atoms with E-state index in [1.54, 1.807) is 9.58 Å². The molecule has 0 aromatic carbocycles. The lowest BCUT2D eigenvalue weighted by molar-refractivity contribution is -0.129. The van der Waals surface area contributed by atoms with Gasteiger partial charge in [0.15, 0.2) is 5.69 Å². The molecule has 1 fully saturated rings. The maximum atomic E-state index is 12.6. The summed E-state index contributed by atoms with van der Waals surface area (Å²) in [5.74, 6) is -1.05. The van der Waals surface area contributed by atoms with E-state index in [9.17, 15) is 9.59 Å². The molecule has 3 rings (SSSR count). The summed E-state index contributed by atoms with van der Waals surface area (Å²) >= 11 is 0. The van der Waals surface area contributed by atoms with Crippen molar-refractivity contribution in [3.8, 4) is 0 Å². The highest BCUT2D eigenvalue weighted by Crippen LogP contribution is 2.22. The van der Waals surface area contributed by atoms with Gasteiger partial charge in [0.05, 0.1) is 24.4 Å². The van der Waals surface area contributed by atoms with Gasteiger partial charge in [-0.05, 0) is 20.3 Å². The molecule has 1 amide bonds. The van der Waals surface area contributed by atoms with Gasteiger partial charge in [-0.25, -0.2) is 9.48 Å². The van der Waals surface area contributed by atoms with Gasteiger partial charge in [0, 0.05) is 31.4 Å². The number of carbonyl (C=O) groups excluding carboxylic acids is 1. The smallest absolute Gasteiger partial charge is 0.358 e. The maximum absolute atomic E-state index is 12.6. The number of carboxylic acid groups (broad SMARTS) is 1. The Hall–Kier alpha value is -2.71. The van der Waals surface area contributed by atoms with Crippen molar-refractivity contribution in [2.45, 2.75) is 32.7 Å². The highest BCUT2D eigenvalue weighted by molar-refractivity contribution is 5.84. The lowest BCUT2D eigenvalue weighted by Crippen LogP contribution is -2.30. The quantitative estimate of drug-likeness (QED) is 0.865. The molecule has 9 nitrogen and oxygen atoms in total. The molecular weight excluding hydrogens is 312 g/mol. The molecule has 0 bridgehead atoms. The van der Waals surface area contributed by atoms with E-state index in [-0.39, 0.29) is 17.6 Å². The molecule has 1 aliphatic rings. The van der Waals surface area contributed by atoms with Crippen LogP contribution in [0, 0.1) is 13.8 Å². The van der Waals surface area contributed by atoms with Crippen LogP contribution in [0.4, 0.5) is 0 Å². The van der Waals surface area contributed by atoms with Crippen LogP contribution < -0.4 is 0 Å². The van der Waals surface area contributed by atoms with Crippen molar-refractivity contribution in [3.63, 3.8) is 0 Å². The van der Waals surface area contributed by atoms with Gasteiger partial charge in [-0.3, -0.25) is 9.48 Å². The average Bonchev–Trinajstić information content (AvgIpc) is 3.23. The zero-order chi connectivity index (χ0) is 17.4. The molecule has 2 aromatic heterocycles. The molecule has 2 aromatic rings. The van der Waals surface area contributed by atoms with Crippen LogP contribution in [-0.2, 0) is 18.3 Å². The van der Waals surface area contributed by atoms with E-state index in [2.05, 4.69) is 15.4 Å². The molecule has 24 heavy (non-hydrogen) atoms. The van der Waals surface area contributed by atoms with Crippen molar-refractivity contribution < 1.29 is 14.7 Å². The van der Waals surface area contributed by atoms with Gasteiger partial charge in [0.2, 0.25) is 5.91 Å². The number of hydrogen-bond donors (Lipinski definition) is 1. The monoisotopic (exact) mass is 332 g/mol. The second-order valence-corrected chi connectivity index (χ2v) is 6.12. The topological polar surface area (TPSA) is 106 Å². The summed E-state index contributed by atoms with van der Waals surface area (Å²) in [6, 6.07) is -0.0364. The van der Waals surface area contributed by atoms with Crippen molar-refractivity contribution in [3.05, 3.63) is 28.8 Å². The number of amides is 1. The first-order valence-corrected chi connectivity index (χ1v) is 7.78. The van der Waals surface area contributed by atoms with Crippen LogP contribution in [0.3, 0.4) is 0 Å². The number of hydrogen-bond acceptors (Lipinski definition) is 5. The third-order valence-corrected chi connectivity index (χ3v) is 4.61. The van der Waals surface area contributed by atoms with E-state index in [0.29, 0.717) is 19.5 Å². The molecule has 0 aliphatic carbocycles. The van der Waals surface area contributed by atoms with Crippen LogP contribution in [0.15, 0.2) is 6.20 Å². The summed E-state index contributed by atoms with van der Waals surface area (Å²) in [4.78, 5) is 25.2. The first-order valence-electron chi connectivity index (χ1n) is 7.78. The van der Waals surface area contributed by atoms with Gasteiger partial charge in [-0.2, -0.15) is 5.10 Å². The average molecular weight is 332 g/mol. The van der Waals surface area contributed by atoms with Crippen molar-refractivity contribution in [1.29, 1.82) is 0 Å². The lowest BCUT2D eigenvalue weighted by atomic mass is 10.1. The fourth-order valence-electron chi connectivity index (χ4n) is 3.07. The second-order valence-electron chi connectivity index (χ2n) is 6.12. The van der Waals surface area contributed by atoms with Gasteiger partial charge in [0.25, 0.3) is 0 Å². The molecule has 0 saturated carbocycles. The predicted molar refractivity (Wildman–Crippen MR) is 83.6 cm³/mol. The van der Waals surface area contributed by atoms with Crippen molar-refractivity contribution in [2.24, 2.45) is 7.05 Å². The van der Waals surface area contributed by atoms with Crippen LogP contribution in [0.5, 0.6) is 0 Å². The molecule has 1 saturated heterocycles. The predicted octanol–water partition coefficient (Wildman–Crippen LogP) is 0.343. The third-order valence-electron chi connectivity index (χ3n) is 4.61. The van der Waals surface area contributed by atoms with Crippen LogP contribution in [-0.4, -0.2) is 59.7 Å². The van der Waals surface area contributed by atoms with Crippen molar-refractivity contribution in [1.82, 2.24) is 29.7 Å². The molecule has 1 N–H and O–H groups in total. The minimum atomic E-state index is -1.10. The normalized spacial score (nSPS) is 17.5. The zero-order valence-electron chi connectivity index (χ0n) is 13.9. The molecule has 128 valence electrons. The fraction of sp³-hybridized carbons (Fsp3) is 0.533. The van der Waals surface area contributed by atoms with E-state index in [0.717, 1.165) is 23.4 Å². The zero-order valence-corrected chi connectivity index (χ0v) is 13.9. The first-order chi connectivity index (χ1) is 11.4. The number of likely N-dealkylation sites (tertiary alicyclic amines) is 1. The van der Waals surface area contributed by atoms with Crippen LogP contribution in [0.1, 0.15) is 39.9 Å². The maximum Gasteiger partial charge on any atom is 0.358 e. The number of nitrogens with zero attached hydrogens (tertiary/aromatic N) is 6. The summed E-state index contributed by atoms with van der Waals surface area (Å²) in [5, 5.41) is 20.7. The molecule has 1 atom stereocenters. The first kappa shape index (κ1) is 16.2. The standard InChI is InChI=1S/C15H20N6O3/c1-9-12(10(2)19(3)17-9)6-14(22)20-5-4-11(7-20)21-8-13(15(23)24)16-18-21/h8,11H,4-7H2,1-3H3,(H,23,24). The van der Waals surface area contributed by atoms with Crippen molar-refractivity contribution >= 4 is 11.9 Å². The number of carboxylic acids is 1. The third kappa shape index (κ3) is 2.89. The van der Waals surface area contributed by atoms with Gasteiger partial charge in [0.1, 0.15) is 0 Å². The van der Waals surface area contributed by atoms with Crippen LogP contribution in [0.25, 0.3) is 0 Å². The number of rotatable bonds is 4. The highest BCUT2D eigenvalue weighted by atomic mass is 16.4. The van der Waals surface area contributed by atoms with Crippen LogP contribution >= 0.6 is 0 Å². The summed E-state index contributed by atoms with van der Waals surface area (Å²) < 4.78 is 3.32. The molecule has 1 unspecified atom stereocenters. The molecular formula is C15H20N6O3. The van der Waals surface area contributed by atoms with E-state index in [1.807, 2.05) is 20.9 Å². The van der Waals surface area contributed by atoms with Gasteiger partial charge in [-0.1, -0.05) is 5.21 Å². The largest absolute Gasteiger partial charge is 0.476 e. The van der Waals surface area contributed by atoms with E-state index >= 15 is 0 Å². The minimum Gasteiger partial charge on any atom is -0.476 e. The van der Waals surface area contributed by atoms with Crippen molar-refractivity contribution in [2.75, 3.05) is 13.1 Å². The van der Waals surface area contributed by atoms with E-state index in [1.165, 1.54) is 10.9 Å². The van der Waals surface area contributed by atoms with Crippen LogP contribution in [0.2, 0.25) is 0 Å². The Balaban J connectivity index is 1.66. The van der Waals surface area contributed by atoms with Gasteiger partial charge < -0.3 is 10.0 Å². The number of aromatic nitrogens is 5. The Bertz CT molecular complexity index is 793. The fourth-order valence-corrected chi connectivity index (χ4v) is 3.07. The Labute approximate surface area is 138 Å². The highest BCUT2D eigenvalue weighted by Gasteiger charge is 2.29. The molecule has 1 aliphatic heterocycles.